The van der Waals surface area contributed by atoms with Gasteiger partial charge in [-0.2, -0.15) is 5.10 Å². The van der Waals surface area contributed by atoms with E-state index in [4.69, 9.17) is 15.2 Å². The quantitative estimate of drug-likeness (QED) is 0.595. The average molecular weight is 241 g/mol. The number of rotatable bonds is 6. The van der Waals surface area contributed by atoms with Crippen LogP contribution in [0.5, 0.6) is 0 Å². The molecule has 0 bridgehead atoms. The summed E-state index contributed by atoms with van der Waals surface area (Å²) in [6, 6.07) is 0. The molecule has 2 N–H and O–H groups in total. The minimum Gasteiger partial charge on any atom is -0.458 e. The van der Waals surface area contributed by atoms with Crippen LogP contribution in [0.3, 0.4) is 0 Å². The summed E-state index contributed by atoms with van der Waals surface area (Å²) in [5, 5.41) is 3.97. The highest BCUT2D eigenvalue weighted by Gasteiger charge is 2.17. The minimum atomic E-state index is -0.464. The summed E-state index contributed by atoms with van der Waals surface area (Å²) >= 11 is 0. The molecule has 0 atom stereocenters. The van der Waals surface area contributed by atoms with E-state index in [9.17, 15) is 4.79 Å². The summed E-state index contributed by atoms with van der Waals surface area (Å²) in [6.45, 7) is 6.89. The van der Waals surface area contributed by atoms with Crippen LogP contribution in [0.1, 0.15) is 31.3 Å². The smallest absolute Gasteiger partial charge is 0.358 e. The Labute approximate surface area is 101 Å². The van der Waals surface area contributed by atoms with E-state index in [0.717, 1.165) is 0 Å². The van der Waals surface area contributed by atoms with E-state index in [1.165, 1.54) is 10.9 Å². The van der Waals surface area contributed by atoms with Crippen LogP contribution in [0.2, 0.25) is 0 Å². The van der Waals surface area contributed by atoms with Gasteiger partial charge < -0.3 is 15.2 Å². The van der Waals surface area contributed by atoms with E-state index in [0.29, 0.717) is 24.5 Å². The monoisotopic (exact) mass is 241 g/mol. The first-order valence-corrected chi connectivity index (χ1v) is 5.66. The van der Waals surface area contributed by atoms with Gasteiger partial charge in [-0.1, -0.05) is 0 Å². The largest absolute Gasteiger partial charge is 0.458 e. The number of aromatic nitrogens is 2. The first-order chi connectivity index (χ1) is 8.06. The molecule has 0 fully saturated rings. The number of nitrogen functional groups attached to an aromatic ring is 1. The molecule has 96 valence electrons. The molecule has 0 aliphatic rings. The van der Waals surface area contributed by atoms with Crippen LogP contribution in [0.15, 0.2) is 6.20 Å². The van der Waals surface area contributed by atoms with Crippen molar-refractivity contribution in [3.05, 3.63) is 11.9 Å². The second kappa shape index (κ2) is 6.24. The van der Waals surface area contributed by atoms with E-state index in [1.807, 2.05) is 20.8 Å². The summed E-state index contributed by atoms with van der Waals surface area (Å²) in [5.74, 6) is -0.464. The summed E-state index contributed by atoms with van der Waals surface area (Å²) in [5.41, 5.74) is 6.29. The van der Waals surface area contributed by atoms with Crippen LogP contribution in [0, 0.1) is 0 Å². The molecule has 0 unspecified atom stereocenters. The number of hydrogen-bond donors (Lipinski definition) is 1. The second-order valence-electron chi connectivity index (χ2n) is 3.82. The van der Waals surface area contributed by atoms with Gasteiger partial charge in [0.25, 0.3) is 0 Å². The third kappa shape index (κ3) is 3.74. The van der Waals surface area contributed by atoms with E-state index in [-0.39, 0.29) is 12.7 Å². The van der Waals surface area contributed by atoms with Gasteiger partial charge in [0.1, 0.15) is 6.61 Å². The Morgan fingerprint density at radius 3 is 2.82 bits per heavy atom. The van der Waals surface area contributed by atoms with E-state index in [1.54, 1.807) is 0 Å². The number of aryl methyl sites for hydroxylation is 1. The Morgan fingerprint density at radius 1 is 1.53 bits per heavy atom. The summed E-state index contributed by atoms with van der Waals surface area (Å²) < 4.78 is 11.8. The van der Waals surface area contributed by atoms with Crippen molar-refractivity contribution in [1.82, 2.24) is 9.78 Å². The van der Waals surface area contributed by atoms with Crippen molar-refractivity contribution < 1.29 is 14.3 Å². The van der Waals surface area contributed by atoms with Crippen molar-refractivity contribution in [2.45, 2.75) is 33.4 Å². The van der Waals surface area contributed by atoms with E-state index < -0.39 is 5.97 Å². The number of hydrogen-bond acceptors (Lipinski definition) is 5. The molecule has 0 saturated heterocycles. The Kier molecular flexibility index (Phi) is 4.96. The first-order valence-electron chi connectivity index (χ1n) is 5.66. The van der Waals surface area contributed by atoms with Crippen molar-refractivity contribution in [1.29, 1.82) is 0 Å². The third-order valence-electron chi connectivity index (χ3n) is 2.13. The Morgan fingerprint density at radius 2 is 2.24 bits per heavy atom. The van der Waals surface area contributed by atoms with E-state index >= 15 is 0 Å². The predicted molar refractivity (Wildman–Crippen MR) is 63.7 cm³/mol. The lowest BCUT2D eigenvalue weighted by Gasteiger charge is -2.09. The normalized spacial score (nSPS) is 10.8. The fourth-order valence-corrected chi connectivity index (χ4v) is 1.35. The molecule has 0 aromatic carbocycles. The summed E-state index contributed by atoms with van der Waals surface area (Å²) in [4.78, 5) is 11.7. The molecular formula is C11H19N3O3. The first kappa shape index (κ1) is 13.5. The number of ether oxygens (including phenoxy) is 2. The van der Waals surface area contributed by atoms with Crippen molar-refractivity contribution in [2.75, 3.05) is 18.9 Å². The molecule has 0 spiro atoms. The maximum atomic E-state index is 11.7. The molecule has 6 nitrogen and oxygen atoms in total. The molecule has 0 aliphatic carbocycles. The number of nitrogens with zero attached hydrogens (tertiary/aromatic N) is 2. The van der Waals surface area contributed by atoms with Gasteiger partial charge >= 0.3 is 5.97 Å². The highest BCUT2D eigenvalue weighted by Crippen LogP contribution is 2.11. The molecule has 0 radical (unpaired) electrons. The number of nitrogens with two attached hydrogens (primary N) is 1. The van der Waals surface area contributed by atoms with Crippen LogP contribution in [-0.2, 0) is 16.0 Å². The van der Waals surface area contributed by atoms with Gasteiger partial charge in [-0.25, -0.2) is 4.79 Å². The molecule has 1 rings (SSSR count). The van der Waals surface area contributed by atoms with Crippen molar-refractivity contribution in [3.8, 4) is 0 Å². The van der Waals surface area contributed by atoms with Gasteiger partial charge in [0, 0.05) is 6.54 Å². The van der Waals surface area contributed by atoms with Gasteiger partial charge in [0.2, 0.25) is 0 Å². The molecule has 0 saturated carbocycles. The van der Waals surface area contributed by atoms with Crippen LogP contribution in [-0.4, -0.2) is 35.1 Å². The fourth-order valence-electron chi connectivity index (χ4n) is 1.35. The molecule has 0 aliphatic heterocycles. The molecule has 0 amide bonds. The third-order valence-corrected chi connectivity index (χ3v) is 2.13. The Balaban J connectivity index is 2.49. The second-order valence-corrected chi connectivity index (χ2v) is 3.82. The van der Waals surface area contributed by atoms with Crippen LogP contribution >= 0.6 is 0 Å². The standard InChI is InChI=1S/C11H19N3O3/c1-4-14-10(9(12)7-13-14)11(15)17-6-5-16-8(2)3/h7-8H,4-6,12H2,1-3H3. The summed E-state index contributed by atoms with van der Waals surface area (Å²) in [6.07, 6.45) is 1.57. The minimum absolute atomic E-state index is 0.125. The van der Waals surface area contributed by atoms with Crippen LogP contribution in [0.4, 0.5) is 5.69 Å². The SMILES string of the molecule is CCn1ncc(N)c1C(=O)OCCOC(C)C. The number of esters is 1. The highest BCUT2D eigenvalue weighted by molar-refractivity contribution is 5.93. The van der Waals surface area contributed by atoms with Crippen molar-refractivity contribution in [3.63, 3.8) is 0 Å². The zero-order valence-electron chi connectivity index (χ0n) is 10.5. The lowest BCUT2D eigenvalue weighted by molar-refractivity contribution is 0.0169. The molecule has 6 heteroatoms. The lowest BCUT2D eigenvalue weighted by atomic mass is 10.4. The molecule has 1 aromatic rings. The average Bonchev–Trinajstić information content (AvgIpc) is 2.65. The Hall–Kier alpha value is -1.56. The fraction of sp³-hybridized carbons (Fsp3) is 0.636. The van der Waals surface area contributed by atoms with Gasteiger partial charge in [-0.15, -0.1) is 0 Å². The van der Waals surface area contributed by atoms with Gasteiger partial charge in [0.05, 0.1) is 24.6 Å². The van der Waals surface area contributed by atoms with Gasteiger partial charge in [-0.05, 0) is 20.8 Å². The molecule has 1 heterocycles. The Bertz CT molecular complexity index is 374. The van der Waals surface area contributed by atoms with Crippen molar-refractivity contribution >= 4 is 11.7 Å². The maximum absolute atomic E-state index is 11.7. The topological polar surface area (TPSA) is 79.4 Å². The highest BCUT2D eigenvalue weighted by atomic mass is 16.6. The molecule has 17 heavy (non-hydrogen) atoms. The molecule has 1 aromatic heterocycles. The number of anilines is 1. The zero-order valence-corrected chi connectivity index (χ0v) is 10.5. The lowest BCUT2D eigenvalue weighted by Crippen LogP contribution is -2.17. The van der Waals surface area contributed by atoms with Crippen LogP contribution < -0.4 is 5.73 Å². The predicted octanol–water partition coefficient (Wildman–Crippen LogP) is 1.07. The van der Waals surface area contributed by atoms with Gasteiger partial charge in [0.15, 0.2) is 5.69 Å². The summed E-state index contributed by atoms with van der Waals surface area (Å²) in [7, 11) is 0. The zero-order chi connectivity index (χ0) is 12.8. The molecular weight excluding hydrogens is 222 g/mol. The van der Waals surface area contributed by atoms with Crippen LogP contribution in [0.25, 0.3) is 0 Å². The van der Waals surface area contributed by atoms with Crippen molar-refractivity contribution in [2.24, 2.45) is 0 Å². The number of carbonyl (C=O) groups is 1. The number of carbonyl (C=O) groups excluding carboxylic acids is 1. The van der Waals surface area contributed by atoms with E-state index in [2.05, 4.69) is 5.10 Å². The van der Waals surface area contributed by atoms with Gasteiger partial charge in [-0.3, -0.25) is 4.68 Å². The maximum Gasteiger partial charge on any atom is 0.358 e.